The molecule has 14 nitrogen and oxygen atoms in total. The lowest BCUT2D eigenvalue weighted by Crippen LogP contribution is -2.65. The summed E-state index contributed by atoms with van der Waals surface area (Å²) in [6.45, 7) is 2.76. The average molecular weight is 1000 g/mol. The Morgan fingerprint density at radius 3 is 1.40 bits per heavy atom. The predicted molar refractivity (Wildman–Crippen MR) is 277 cm³/mol. The van der Waals surface area contributed by atoms with Crippen LogP contribution in [0.4, 0.5) is 0 Å². The van der Waals surface area contributed by atoms with Crippen molar-refractivity contribution in [2.24, 2.45) is 0 Å². The first-order valence-electron chi connectivity index (χ1n) is 28.6. The number of nitrogens with one attached hydrogen (secondary N) is 1. The Balaban J connectivity index is 1.71. The van der Waals surface area contributed by atoms with Gasteiger partial charge in [-0.1, -0.05) is 218 Å². The van der Waals surface area contributed by atoms with Crippen LogP contribution in [-0.4, -0.2) is 140 Å². The Hall–Kier alpha value is -1.53. The molecule has 0 aliphatic carbocycles. The molecule has 12 unspecified atom stereocenters. The second kappa shape index (κ2) is 42.8. The quantitative estimate of drug-likeness (QED) is 0.0205. The fraction of sp³-hybridized carbons (Fsp3) is 0.911. The SMILES string of the molecule is CCCCCCC/C=C/CC/C=C/C(O)C(COC1OC(CO)C(OC2OC(CO)C(O)C(O)C2O)C(O)C1O)NC(=O)CCCCCCCCCCCCCCCCCCCCCCCCCCC. The Morgan fingerprint density at radius 1 is 0.500 bits per heavy atom. The number of unbranched alkanes of at least 4 members (excludes halogenated alkanes) is 30. The standard InChI is InChI=1S/C56H105NO13/c1-3-5-7-9-11-13-15-16-17-18-19-20-21-22-23-24-25-26-27-28-30-32-34-36-38-40-48(61)57-44(45(60)39-37-35-33-31-29-14-12-10-8-6-4-2)43-67-55-53(66)51(64)54(47(42-59)69-55)70-56-52(65)50(63)49(62)46(41-58)68-56/h29,31,37,39,44-47,49-56,58-60,62-66H,3-28,30,32-36,38,40-43H2,1-2H3,(H,57,61)/b31-29+,39-37+. The summed E-state index contributed by atoms with van der Waals surface area (Å²) in [5.74, 6) is -0.247. The van der Waals surface area contributed by atoms with Crippen molar-refractivity contribution in [1.82, 2.24) is 5.32 Å². The van der Waals surface area contributed by atoms with Crippen molar-refractivity contribution in [2.45, 2.75) is 306 Å². The van der Waals surface area contributed by atoms with Gasteiger partial charge in [0.05, 0.1) is 32.0 Å². The van der Waals surface area contributed by atoms with Gasteiger partial charge in [-0.05, 0) is 32.1 Å². The van der Waals surface area contributed by atoms with Crippen LogP contribution in [0, 0.1) is 0 Å². The van der Waals surface area contributed by atoms with E-state index in [1.54, 1.807) is 6.08 Å². The molecule has 0 saturated carbocycles. The highest BCUT2D eigenvalue weighted by molar-refractivity contribution is 5.76. The molecule has 2 aliphatic heterocycles. The van der Waals surface area contributed by atoms with Crippen molar-refractivity contribution in [1.29, 1.82) is 0 Å². The summed E-state index contributed by atoms with van der Waals surface area (Å²) in [6, 6.07) is -0.926. The summed E-state index contributed by atoms with van der Waals surface area (Å²) in [5, 5.41) is 86.8. The Morgan fingerprint density at radius 2 is 0.914 bits per heavy atom. The first-order chi connectivity index (χ1) is 34.1. The number of hydrogen-bond donors (Lipinski definition) is 9. The topological polar surface area (TPSA) is 228 Å². The molecule has 9 N–H and O–H groups in total. The number of allylic oxidation sites excluding steroid dienone is 3. The number of aliphatic hydroxyl groups is 8. The molecule has 2 aliphatic rings. The van der Waals surface area contributed by atoms with Crippen molar-refractivity contribution >= 4 is 5.91 Å². The molecule has 0 bridgehead atoms. The summed E-state index contributed by atoms with van der Waals surface area (Å²) in [4.78, 5) is 13.2. The van der Waals surface area contributed by atoms with Crippen LogP contribution in [0.15, 0.2) is 24.3 Å². The minimum absolute atomic E-state index is 0.247. The van der Waals surface area contributed by atoms with Gasteiger partial charge in [0.1, 0.15) is 48.8 Å². The number of carbonyl (C=O) groups excluding carboxylic acids is 1. The lowest BCUT2D eigenvalue weighted by atomic mass is 9.97. The fourth-order valence-electron chi connectivity index (χ4n) is 9.48. The van der Waals surface area contributed by atoms with E-state index in [-0.39, 0.29) is 18.9 Å². The highest BCUT2D eigenvalue weighted by Gasteiger charge is 2.51. The molecule has 0 radical (unpaired) electrons. The normalized spacial score (nSPS) is 26.1. The minimum atomic E-state index is -1.79. The molecule has 12 atom stereocenters. The molecule has 2 heterocycles. The summed E-state index contributed by atoms with van der Waals surface area (Å²) in [6.07, 6.45) is 32.4. The van der Waals surface area contributed by atoms with Gasteiger partial charge in [0.2, 0.25) is 5.91 Å². The molecule has 70 heavy (non-hydrogen) atoms. The Kier molecular flexibility index (Phi) is 39.5. The van der Waals surface area contributed by atoms with E-state index in [0.29, 0.717) is 12.8 Å². The van der Waals surface area contributed by atoms with Crippen LogP contribution in [0.2, 0.25) is 0 Å². The van der Waals surface area contributed by atoms with Gasteiger partial charge >= 0.3 is 0 Å². The maximum Gasteiger partial charge on any atom is 0.220 e. The van der Waals surface area contributed by atoms with Gasteiger partial charge in [-0.3, -0.25) is 4.79 Å². The van der Waals surface area contributed by atoms with Crippen molar-refractivity contribution < 1.29 is 64.6 Å². The predicted octanol–water partition coefficient (Wildman–Crippen LogP) is 8.89. The Bertz CT molecular complexity index is 1270. The van der Waals surface area contributed by atoms with E-state index in [9.17, 15) is 45.6 Å². The van der Waals surface area contributed by atoms with E-state index < -0.39 is 86.8 Å². The van der Waals surface area contributed by atoms with E-state index in [1.807, 2.05) is 6.08 Å². The van der Waals surface area contributed by atoms with Crippen molar-refractivity contribution in [3.63, 3.8) is 0 Å². The Labute approximate surface area is 424 Å². The van der Waals surface area contributed by atoms with Gasteiger partial charge in [0.25, 0.3) is 0 Å². The lowest BCUT2D eigenvalue weighted by Gasteiger charge is -2.46. The van der Waals surface area contributed by atoms with Gasteiger partial charge in [0, 0.05) is 6.42 Å². The van der Waals surface area contributed by atoms with Crippen LogP contribution in [0.5, 0.6) is 0 Å². The smallest absolute Gasteiger partial charge is 0.220 e. The van der Waals surface area contributed by atoms with E-state index in [4.69, 9.17) is 18.9 Å². The van der Waals surface area contributed by atoms with Gasteiger partial charge in [-0.25, -0.2) is 0 Å². The second-order valence-electron chi connectivity index (χ2n) is 20.4. The number of ether oxygens (including phenoxy) is 4. The average Bonchev–Trinajstić information content (AvgIpc) is 3.36. The minimum Gasteiger partial charge on any atom is -0.394 e. The number of hydrogen-bond acceptors (Lipinski definition) is 13. The molecule has 14 heteroatoms. The van der Waals surface area contributed by atoms with E-state index in [1.165, 1.54) is 167 Å². The molecular weight excluding hydrogens is 895 g/mol. The van der Waals surface area contributed by atoms with Crippen molar-refractivity contribution in [2.75, 3.05) is 19.8 Å². The third kappa shape index (κ3) is 28.8. The highest BCUT2D eigenvalue weighted by atomic mass is 16.7. The van der Waals surface area contributed by atoms with Crippen LogP contribution < -0.4 is 5.32 Å². The summed E-state index contributed by atoms with van der Waals surface area (Å²) in [5.41, 5.74) is 0. The third-order valence-corrected chi connectivity index (χ3v) is 14.1. The van der Waals surface area contributed by atoms with Crippen LogP contribution in [0.1, 0.15) is 232 Å². The van der Waals surface area contributed by atoms with Gasteiger partial charge in [-0.2, -0.15) is 0 Å². The van der Waals surface area contributed by atoms with E-state index in [2.05, 4.69) is 31.3 Å². The molecule has 2 saturated heterocycles. The van der Waals surface area contributed by atoms with Crippen LogP contribution in [0.25, 0.3) is 0 Å². The maximum atomic E-state index is 13.2. The second-order valence-corrected chi connectivity index (χ2v) is 20.4. The number of aliphatic hydroxyl groups excluding tert-OH is 8. The molecule has 2 fully saturated rings. The highest BCUT2D eigenvalue weighted by Crippen LogP contribution is 2.30. The van der Waals surface area contributed by atoms with Crippen molar-refractivity contribution in [3.8, 4) is 0 Å². The summed E-state index contributed by atoms with van der Waals surface area (Å²) >= 11 is 0. The van der Waals surface area contributed by atoms with Gasteiger partial charge in [0.15, 0.2) is 12.6 Å². The zero-order chi connectivity index (χ0) is 51.0. The summed E-state index contributed by atoms with van der Waals surface area (Å²) < 4.78 is 22.7. The molecule has 0 aromatic heterocycles. The van der Waals surface area contributed by atoms with Gasteiger partial charge < -0.3 is 65.1 Å². The monoisotopic (exact) mass is 1000 g/mol. The van der Waals surface area contributed by atoms with Crippen molar-refractivity contribution in [3.05, 3.63) is 24.3 Å². The summed E-state index contributed by atoms with van der Waals surface area (Å²) in [7, 11) is 0. The maximum absolute atomic E-state index is 13.2. The number of amides is 1. The van der Waals surface area contributed by atoms with Crippen LogP contribution in [-0.2, 0) is 23.7 Å². The van der Waals surface area contributed by atoms with Crippen LogP contribution >= 0.6 is 0 Å². The van der Waals surface area contributed by atoms with Crippen LogP contribution in [0.3, 0.4) is 0 Å². The largest absolute Gasteiger partial charge is 0.394 e. The molecule has 0 spiro atoms. The molecule has 1 amide bonds. The zero-order valence-electron chi connectivity index (χ0n) is 44.0. The molecule has 0 aromatic carbocycles. The third-order valence-electron chi connectivity index (χ3n) is 14.1. The lowest BCUT2D eigenvalue weighted by molar-refractivity contribution is -0.359. The first-order valence-corrected chi connectivity index (χ1v) is 28.6. The van der Waals surface area contributed by atoms with Gasteiger partial charge in [-0.15, -0.1) is 0 Å². The van der Waals surface area contributed by atoms with E-state index in [0.717, 1.165) is 32.1 Å². The first kappa shape index (κ1) is 64.6. The number of rotatable bonds is 45. The number of carbonyl (C=O) groups is 1. The zero-order valence-corrected chi connectivity index (χ0v) is 44.0. The molecule has 412 valence electrons. The fourth-order valence-corrected chi connectivity index (χ4v) is 9.48. The molecular formula is C56H105NO13. The molecule has 2 rings (SSSR count). The van der Waals surface area contributed by atoms with E-state index >= 15 is 0 Å². The molecule has 0 aromatic rings.